The predicted molar refractivity (Wildman–Crippen MR) is 339 cm³/mol. The van der Waals surface area contributed by atoms with E-state index in [2.05, 4.69) is 267 Å². The maximum absolute atomic E-state index is 7.03. The van der Waals surface area contributed by atoms with Crippen molar-refractivity contribution in [2.24, 2.45) is 0 Å². The fraction of sp³-hybridized carbons (Fsp3) is 0.222. The van der Waals surface area contributed by atoms with Gasteiger partial charge in [0.2, 0.25) is 0 Å². The molecule has 7 heteroatoms. The van der Waals surface area contributed by atoms with Gasteiger partial charge in [0.05, 0.1) is 16.7 Å². The van der Waals surface area contributed by atoms with Crippen molar-refractivity contribution >= 4 is 133 Å². The van der Waals surface area contributed by atoms with E-state index in [1.165, 1.54) is 75.8 Å². The number of benzene rings is 9. The van der Waals surface area contributed by atoms with Crippen molar-refractivity contribution in [2.75, 3.05) is 9.71 Å². The van der Waals surface area contributed by atoms with Crippen molar-refractivity contribution in [1.82, 2.24) is 4.57 Å². The van der Waals surface area contributed by atoms with Gasteiger partial charge in [-0.1, -0.05) is 156 Å². The monoisotopic (exact) mass is 1050 g/mol. The molecule has 0 unspecified atom stereocenters. The lowest BCUT2D eigenvalue weighted by Gasteiger charge is -2.41. The lowest BCUT2D eigenvalue weighted by molar-refractivity contribution is 0.590. The lowest BCUT2D eigenvalue weighted by Crippen LogP contribution is -2.59. The average molecular weight is 1050 g/mol. The second kappa shape index (κ2) is 16.3. The molecule has 2 aliphatic heterocycles. The molecule has 15 rings (SSSR count). The maximum Gasteiger partial charge on any atom is 0.343 e. The molecule has 0 amide bonds. The van der Waals surface area contributed by atoms with Crippen molar-refractivity contribution < 1.29 is 8.83 Å². The Labute approximate surface area is 466 Å². The second-order valence-corrected chi connectivity index (χ2v) is 27.7. The third-order valence-corrected chi connectivity index (χ3v) is 18.6. The highest BCUT2D eigenvalue weighted by Gasteiger charge is 2.46. The molecule has 0 spiro atoms. The molecule has 0 bridgehead atoms. The summed E-state index contributed by atoms with van der Waals surface area (Å²) in [5.74, 6) is 0. The van der Waals surface area contributed by atoms with E-state index in [1.54, 1.807) is 0 Å². The van der Waals surface area contributed by atoms with E-state index < -0.39 is 0 Å². The van der Waals surface area contributed by atoms with Gasteiger partial charge in [0.1, 0.15) is 22.3 Å². The smallest absolute Gasteiger partial charge is 0.343 e. The van der Waals surface area contributed by atoms with Crippen LogP contribution in [0.5, 0.6) is 0 Å². The van der Waals surface area contributed by atoms with E-state index in [1.807, 2.05) is 11.3 Å². The number of aromatic nitrogens is 1. The standard InChI is InChI=1S/C72H64BN3O2S/c1-69(2,3)41-17-24-45(25-18-41)74(46-26-19-42(20-27-46)70(4,5)6)48-30-33-61-54(36-48)56-38-59-53(39-62(56)78-61)50-31-32-51-52-37-55-49-15-13-14-16-60(49)77-63(55)40-58(52)75-66(51)65(50)73(76(59)47-28-21-43(22-29-47)71(7,8)9)68-67(75)57-35-44(72(10,11)12)23-34-64(57)79-68/h13-40H,1-12H3. The summed E-state index contributed by atoms with van der Waals surface area (Å²) in [5, 5.41) is 8.22. The van der Waals surface area contributed by atoms with Gasteiger partial charge in [0.25, 0.3) is 0 Å². The van der Waals surface area contributed by atoms with E-state index in [4.69, 9.17) is 8.83 Å². The highest BCUT2D eigenvalue weighted by Crippen LogP contribution is 2.51. The van der Waals surface area contributed by atoms with Crippen molar-refractivity contribution in [1.29, 1.82) is 0 Å². The van der Waals surface area contributed by atoms with Crippen LogP contribution in [0.4, 0.5) is 28.4 Å². The zero-order valence-electron chi connectivity index (χ0n) is 47.3. The third kappa shape index (κ3) is 7.20. The van der Waals surface area contributed by atoms with Gasteiger partial charge in [-0.05, 0) is 146 Å². The van der Waals surface area contributed by atoms with Gasteiger partial charge < -0.3 is 23.1 Å². The highest BCUT2D eigenvalue weighted by atomic mass is 32.1. The minimum atomic E-state index is -0.133. The minimum Gasteiger partial charge on any atom is -0.456 e. The molecule has 0 saturated carbocycles. The molecule has 5 nitrogen and oxygen atoms in total. The van der Waals surface area contributed by atoms with Crippen LogP contribution in [-0.2, 0) is 21.7 Å². The van der Waals surface area contributed by atoms with Crippen LogP contribution in [0.15, 0.2) is 179 Å². The van der Waals surface area contributed by atoms with E-state index in [0.29, 0.717) is 0 Å². The van der Waals surface area contributed by atoms with Crippen LogP contribution in [-0.4, -0.2) is 11.4 Å². The van der Waals surface area contributed by atoms with E-state index in [0.717, 1.165) is 77.7 Å². The van der Waals surface area contributed by atoms with Gasteiger partial charge in [-0.3, -0.25) is 0 Å². The molecular weight excluding hydrogens is 982 g/mol. The lowest BCUT2D eigenvalue weighted by atomic mass is 9.47. The number of nitrogens with zero attached hydrogens (tertiary/aromatic N) is 3. The summed E-state index contributed by atoms with van der Waals surface area (Å²) in [7, 11) is 0. The number of fused-ring (bicyclic) bond motifs is 16. The Bertz CT molecular complexity index is 4640. The van der Waals surface area contributed by atoms with Gasteiger partial charge in [0, 0.05) is 87.2 Å². The average Bonchev–Trinajstić information content (AvgIpc) is 3.26. The van der Waals surface area contributed by atoms with Gasteiger partial charge in [0.15, 0.2) is 0 Å². The Morgan fingerprint density at radius 3 is 1.62 bits per heavy atom. The molecule has 2 aliphatic rings. The number of hydrogen-bond donors (Lipinski definition) is 0. The zero-order valence-corrected chi connectivity index (χ0v) is 48.1. The first kappa shape index (κ1) is 48.2. The van der Waals surface area contributed by atoms with Crippen LogP contribution in [0, 0.1) is 0 Å². The molecule has 0 saturated heterocycles. The first-order valence-corrected chi connectivity index (χ1v) is 28.9. The van der Waals surface area contributed by atoms with Gasteiger partial charge >= 0.3 is 6.85 Å². The topological polar surface area (TPSA) is 37.7 Å². The normalized spacial score (nSPS) is 13.8. The fourth-order valence-corrected chi connectivity index (χ4v) is 14.3. The number of rotatable bonds is 4. The summed E-state index contributed by atoms with van der Waals surface area (Å²) >= 11 is 1.94. The van der Waals surface area contributed by atoms with Crippen LogP contribution >= 0.6 is 11.3 Å². The SMILES string of the molecule is CC(C)(C)c1ccc(N2B3c4sc5ccc(C(C)(C)C)cc5c4-n4c5cc6oc7ccccc7c6cc5c5ccc(c3c54)-c3cc4oc5ccc(N(c6ccc(C(C)(C)C)cc6)c6ccc(C(C)(C)C)cc6)cc5c4cc32)cc1. The number of furan rings is 2. The molecule has 9 aromatic carbocycles. The van der Waals surface area contributed by atoms with Gasteiger partial charge in [-0.15, -0.1) is 11.3 Å². The van der Waals surface area contributed by atoms with Gasteiger partial charge in [-0.25, -0.2) is 0 Å². The van der Waals surface area contributed by atoms with Crippen LogP contribution in [0.2, 0.25) is 0 Å². The van der Waals surface area contributed by atoms with Crippen LogP contribution < -0.4 is 20.0 Å². The number of anilines is 5. The second-order valence-electron chi connectivity index (χ2n) is 26.6. The number of hydrogen-bond acceptors (Lipinski definition) is 5. The highest BCUT2D eigenvalue weighted by molar-refractivity contribution is 7.32. The molecule has 0 atom stereocenters. The largest absolute Gasteiger partial charge is 0.456 e. The molecule has 388 valence electrons. The zero-order chi connectivity index (χ0) is 54.4. The molecule has 4 aromatic heterocycles. The van der Waals surface area contributed by atoms with Crippen LogP contribution in [0.25, 0.3) is 92.6 Å². The summed E-state index contributed by atoms with van der Waals surface area (Å²) in [5.41, 5.74) is 21.8. The fourth-order valence-electron chi connectivity index (χ4n) is 13.0. The Morgan fingerprint density at radius 1 is 0.418 bits per heavy atom. The van der Waals surface area contributed by atoms with Gasteiger partial charge in [-0.2, -0.15) is 0 Å². The van der Waals surface area contributed by atoms with Crippen LogP contribution in [0.3, 0.4) is 0 Å². The summed E-state index contributed by atoms with van der Waals surface area (Å²) in [4.78, 5) is 5.07. The predicted octanol–water partition coefficient (Wildman–Crippen LogP) is 19.7. The van der Waals surface area contributed by atoms with Crippen molar-refractivity contribution in [2.45, 2.75) is 105 Å². The Morgan fingerprint density at radius 2 is 0.975 bits per heavy atom. The molecule has 0 N–H and O–H groups in total. The van der Waals surface area contributed by atoms with E-state index in [9.17, 15) is 0 Å². The maximum atomic E-state index is 7.03. The number of thiophene rings is 1. The molecule has 0 aliphatic carbocycles. The Kier molecular flexibility index (Phi) is 9.94. The Balaban J connectivity index is 1.01. The molecule has 79 heavy (non-hydrogen) atoms. The molecule has 0 fully saturated rings. The van der Waals surface area contributed by atoms with Crippen molar-refractivity contribution in [3.63, 3.8) is 0 Å². The molecule has 6 heterocycles. The van der Waals surface area contributed by atoms with E-state index >= 15 is 0 Å². The van der Waals surface area contributed by atoms with Crippen molar-refractivity contribution in [3.8, 4) is 16.8 Å². The molecule has 13 aromatic rings. The first-order valence-electron chi connectivity index (χ1n) is 28.1. The summed E-state index contributed by atoms with van der Waals surface area (Å²) in [6.07, 6.45) is 0. The van der Waals surface area contributed by atoms with E-state index in [-0.39, 0.29) is 28.5 Å². The molecular formula is C72H64BN3O2S. The first-order chi connectivity index (χ1) is 37.7. The summed E-state index contributed by atoms with van der Waals surface area (Å²) < 4.78 is 19.0. The molecule has 0 radical (unpaired) electrons. The minimum absolute atomic E-state index is 0.00643. The summed E-state index contributed by atoms with van der Waals surface area (Å²) in [6.45, 7) is 27.4. The Hall–Kier alpha value is -8.00. The third-order valence-electron chi connectivity index (χ3n) is 17.4. The summed E-state index contributed by atoms with van der Waals surface area (Å²) in [6, 6.07) is 64.4. The van der Waals surface area contributed by atoms with Crippen LogP contribution in [0.1, 0.15) is 105 Å². The number of para-hydroxylation sites is 1. The van der Waals surface area contributed by atoms with Crippen molar-refractivity contribution in [3.05, 3.63) is 192 Å². The quantitative estimate of drug-likeness (QED) is 0.165.